The second-order valence-corrected chi connectivity index (χ2v) is 5.45. The van der Waals surface area contributed by atoms with Gasteiger partial charge < -0.3 is 10.1 Å². The van der Waals surface area contributed by atoms with E-state index in [1.807, 2.05) is 0 Å². The molecule has 136 valence electrons. The van der Waals surface area contributed by atoms with Crippen molar-refractivity contribution in [2.24, 2.45) is 0 Å². The first-order valence-corrected chi connectivity index (χ1v) is 7.78. The number of tetrazole rings is 1. The van der Waals surface area contributed by atoms with Crippen LogP contribution in [0.4, 0.5) is 24.5 Å². The Hall–Kier alpha value is -2.94. The molecule has 9 heteroatoms. The van der Waals surface area contributed by atoms with Crippen molar-refractivity contribution in [1.82, 2.24) is 20.2 Å². The van der Waals surface area contributed by atoms with Crippen LogP contribution in [0.15, 0.2) is 48.5 Å². The Morgan fingerprint density at radius 2 is 1.92 bits per heavy atom. The van der Waals surface area contributed by atoms with Gasteiger partial charge in [-0.05, 0) is 35.5 Å². The number of hydrogen-bond donors (Lipinski definition) is 1. The number of para-hydroxylation sites is 1. The van der Waals surface area contributed by atoms with Crippen molar-refractivity contribution in [2.45, 2.75) is 12.7 Å². The van der Waals surface area contributed by atoms with E-state index in [1.165, 1.54) is 10.9 Å². The van der Waals surface area contributed by atoms with Crippen molar-refractivity contribution < 1.29 is 17.9 Å². The average Bonchev–Trinajstić information content (AvgIpc) is 3.09. The molecule has 6 nitrogen and oxygen atoms in total. The van der Waals surface area contributed by atoms with Gasteiger partial charge in [-0.25, -0.2) is 0 Å². The number of hydrogen-bond acceptors (Lipinski definition) is 5. The summed E-state index contributed by atoms with van der Waals surface area (Å²) in [7, 11) is 1.58. The fraction of sp³-hybridized carbons (Fsp3) is 0.235. The molecular weight excluding hydrogens is 347 g/mol. The summed E-state index contributed by atoms with van der Waals surface area (Å²) in [5.41, 5.74) is 0.814. The van der Waals surface area contributed by atoms with Crippen LogP contribution in [0.3, 0.4) is 0 Å². The van der Waals surface area contributed by atoms with E-state index in [0.29, 0.717) is 35.9 Å². The van der Waals surface area contributed by atoms with Crippen molar-refractivity contribution in [3.8, 4) is 11.4 Å². The second kappa shape index (κ2) is 7.52. The molecule has 3 aromatic rings. The van der Waals surface area contributed by atoms with Crippen LogP contribution < -0.4 is 5.32 Å². The van der Waals surface area contributed by atoms with E-state index in [2.05, 4.69) is 20.7 Å². The summed E-state index contributed by atoms with van der Waals surface area (Å²) in [6.45, 7) is 0.895. The van der Waals surface area contributed by atoms with Crippen LogP contribution in [-0.4, -0.2) is 33.9 Å². The summed E-state index contributed by atoms with van der Waals surface area (Å²) in [5, 5.41) is 15.2. The average molecular weight is 363 g/mol. The molecule has 3 rings (SSSR count). The number of anilines is 2. The molecule has 0 aliphatic heterocycles. The molecular formula is C17H16F3N5O. The van der Waals surface area contributed by atoms with Gasteiger partial charge in [-0.2, -0.15) is 18.0 Å². The second-order valence-electron chi connectivity index (χ2n) is 5.45. The molecule has 26 heavy (non-hydrogen) atoms. The Morgan fingerprint density at radius 3 is 2.69 bits per heavy atom. The van der Waals surface area contributed by atoms with Gasteiger partial charge in [0.1, 0.15) is 0 Å². The van der Waals surface area contributed by atoms with Gasteiger partial charge >= 0.3 is 6.18 Å². The molecule has 0 radical (unpaired) electrons. The standard InChI is InChI=1S/C17H16F3N5O/c1-26-10-9-25-23-16(22-24-25)14-7-2-3-8-15(14)21-13-6-4-5-12(11-13)17(18,19)20/h2-8,11,21H,9-10H2,1H3. The quantitative estimate of drug-likeness (QED) is 0.723. The number of aromatic nitrogens is 4. The molecule has 0 atom stereocenters. The summed E-state index contributed by atoms with van der Waals surface area (Å²) in [5.74, 6) is 0.371. The van der Waals surface area contributed by atoms with Crippen LogP contribution in [0.5, 0.6) is 0 Å². The first-order valence-electron chi connectivity index (χ1n) is 7.78. The Labute approximate surface area is 147 Å². The third-order valence-electron chi connectivity index (χ3n) is 3.59. The van der Waals surface area contributed by atoms with Crippen LogP contribution in [-0.2, 0) is 17.5 Å². The molecule has 0 saturated carbocycles. The Bertz CT molecular complexity index is 879. The van der Waals surface area contributed by atoms with Crippen molar-refractivity contribution in [1.29, 1.82) is 0 Å². The number of rotatable bonds is 6. The van der Waals surface area contributed by atoms with E-state index >= 15 is 0 Å². The van der Waals surface area contributed by atoms with Crippen LogP contribution >= 0.6 is 0 Å². The van der Waals surface area contributed by atoms with Crippen molar-refractivity contribution >= 4 is 11.4 Å². The number of benzene rings is 2. The third-order valence-corrected chi connectivity index (χ3v) is 3.59. The smallest absolute Gasteiger partial charge is 0.383 e. The van der Waals surface area contributed by atoms with Crippen molar-refractivity contribution in [3.05, 3.63) is 54.1 Å². The van der Waals surface area contributed by atoms with Gasteiger partial charge in [0, 0.05) is 24.0 Å². The van der Waals surface area contributed by atoms with Gasteiger partial charge in [-0.3, -0.25) is 0 Å². The Morgan fingerprint density at radius 1 is 1.12 bits per heavy atom. The number of ether oxygens (including phenoxy) is 1. The Balaban J connectivity index is 1.87. The van der Waals surface area contributed by atoms with Gasteiger partial charge in [0.15, 0.2) is 0 Å². The van der Waals surface area contributed by atoms with Crippen LogP contribution in [0.2, 0.25) is 0 Å². The molecule has 0 saturated heterocycles. The minimum Gasteiger partial charge on any atom is -0.383 e. The van der Waals surface area contributed by atoms with Crippen LogP contribution in [0, 0.1) is 0 Å². The fourth-order valence-corrected chi connectivity index (χ4v) is 2.33. The summed E-state index contributed by atoms with van der Waals surface area (Å²) >= 11 is 0. The molecule has 0 spiro atoms. The number of alkyl halides is 3. The zero-order valence-electron chi connectivity index (χ0n) is 13.9. The molecule has 1 aromatic heterocycles. The summed E-state index contributed by atoms with van der Waals surface area (Å²) < 4.78 is 43.6. The molecule has 1 heterocycles. The number of nitrogens with one attached hydrogen (secondary N) is 1. The minimum absolute atomic E-state index is 0.319. The summed E-state index contributed by atoms with van der Waals surface area (Å²) in [4.78, 5) is 1.40. The SMILES string of the molecule is COCCn1nnc(-c2ccccc2Nc2cccc(C(F)(F)F)c2)n1. The molecule has 0 amide bonds. The normalized spacial score (nSPS) is 11.5. The molecule has 0 aliphatic rings. The highest BCUT2D eigenvalue weighted by molar-refractivity contribution is 5.77. The van der Waals surface area contributed by atoms with E-state index < -0.39 is 11.7 Å². The lowest BCUT2D eigenvalue weighted by molar-refractivity contribution is -0.137. The van der Waals surface area contributed by atoms with E-state index in [4.69, 9.17) is 4.74 Å². The van der Waals surface area contributed by atoms with E-state index in [0.717, 1.165) is 12.1 Å². The lowest BCUT2D eigenvalue weighted by Gasteiger charge is -2.12. The number of methoxy groups -OCH3 is 1. The number of nitrogens with zero attached hydrogens (tertiary/aromatic N) is 4. The van der Waals surface area contributed by atoms with Crippen LogP contribution in [0.1, 0.15) is 5.56 Å². The third kappa shape index (κ3) is 4.17. The molecule has 0 unspecified atom stereocenters. The van der Waals surface area contributed by atoms with Gasteiger partial charge in [-0.1, -0.05) is 18.2 Å². The Kier molecular flexibility index (Phi) is 5.17. The molecule has 0 aliphatic carbocycles. The topological polar surface area (TPSA) is 64.9 Å². The maximum Gasteiger partial charge on any atom is 0.416 e. The fourth-order valence-electron chi connectivity index (χ4n) is 2.33. The van der Waals surface area contributed by atoms with E-state index in [-0.39, 0.29) is 0 Å². The lowest BCUT2D eigenvalue weighted by Crippen LogP contribution is -2.07. The predicted molar refractivity (Wildman–Crippen MR) is 89.9 cm³/mol. The largest absolute Gasteiger partial charge is 0.416 e. The highest BCUT2D eigenvalue weighted by Gasteiger charge is 2.30. The number of halogens is 3. The zero-order chi connectivity index (χ0) is 18.6. The zero-order valence-corrected chi connectivity index (χ0v) is 13.9. The summed E-state index contributed by atoms with van der Waals surface area (Å²) in [6.07, 6.45) is -4.40. The van der Waals surface area contributed by atoms with Crippen molar-refractivity contribution in [3.63, 3.8) is 0 Å². The first kappa shape index (κ1) is 17.9. The maximum atomic E-state index is 12.9. The molecule has 2 aromatic carbocycles. The molecule has 1 N–H and O–H groups in total. The minimum atomic E-state index is -4.40. The monoisotopic (exact) mass is 363 g/mol. The van der Waals surface area contributed by atoms with Gasteiger partial charge in [0.05, 0.1) is 18.7 Å². The maximum absolute atomic E-state index is 12.9. The van der Waals surface area contributed by atoms with Crippen LogP contribution in [0.25, 0.3) is 11.4 Å². The van der Waals surface area contributed by atoms with Gasteiger partial charge in [0.2, 0.25) is 5.82 Å². The highest BCUT2D eigenvalue weighted by Crippen LogP contribution is 2.33. The van der Waals surface area contributed by atoms with E-state index in [9.17, 15) is 13.2 Å². The van der Waals surface area contributed by atoms with Crippen molar-refractivity contribution in [2.75, 3.05) is 19.0 Å². The molecule has 0 fully saturated rings. The highest BCUT2D eigenvalue weighted by atomic mass is 19.4. The lowest BCUT2D eigenvalue weighted by atomic mass is 10.1. The van der Waals surface area contributed by atoms with Gasteiger partial charge in [0.25, 0.3) is 0 Å². The molecule has 0 bridgehead atoms. The predicted octanol–water partition coefficient (Wildman–Crippen LogP) is 3.75. The van der Waals surface area contributed by atoms with E-state index in [1.54, 1.807) is 37.4 Å². The summed E-state index contributed by atoms with van der Waals surface area (Å²) in [6, 6.07) is 12.1. The van der Waals surface area contributed by atoms with Gasteiger partial charge in [-0.15, -0.1) is 10.2 Å². The first-order chi connectivity index (χ1) is 12.5.